The molecule has 102 valence electrons. The van der Waals surface area contributed by atoms with Crippen LogP contribution in [-0.4, -0.2) is 24.0 Å². The first-order chi connectivity index (χ1) is 7.95. The Kier molecular flexibility index (Phi) is 5.01. The first-order valence-corrected chi connectivity index (χ1v) is 5.59. The molecule has 1 aliphatic heterocycles. The van der Waals surface area contributed by atoms with Gasteiger partial charge in [-0.25, -0.2) is 0 Å². The first kappa shape index (κ1) is 15.3. The third-order valence-electron chi connectivity index (χ3n) is 3.00. The molecule has 1 aromatic carbocycles. The van der Waals surface area contributed by atoms with Gasteiger partial charge in [-0.05, 0) is 24.1 Å². The van der Waals surface area contributed by atoms with E-state index in [1.165, 1.54) is 12.1 Å². The van der Waals surface area contributed by atoms with E-state index in [4.69, 9.17) is 5.73 Å². The van der Waals surface area contributed by atoms with Crippen LogP contribution in [0.2, 0.25) is 0 Å². The Bertz CT molecular complexity index is 378. The van der Waals surface area contributed by atoms with Crippen LogP contribution in [-0.2, 0) is 12.7 Å². The fraction of sp³-hybridized carbons (Fsp3) is 0.500. The van der Waals surface area contributed by atoms with Gasteiger partial charge in [-0.15, -0.1) is 12.4 Å². The fourth-order valence-electron chi connectivity index (χ4n) is 2.06. The van der Waals surface area contributed by atoms with Gasteiger partial charge in [0.15, 0.2) is 0 Å². The molecule has 0 amide bonds. The van der Waals surface area contributed by atoms with Crippen molar-refractivity contribution in [3.8, 4) is 0 Å². The standard InChI is InChI=1S/C12H15F3N2.ClH/c13-12(14,15)10-3-1-9(2-4-10)7-17-6-5-11(16)8-17;/h1-4,11H,5-8,16H2;1H/t11-;/m1./s1. The lowest BCUT2D eigenvalue weighted by Gasteiger charge is -2.15. The molecular formula is C12H16ClF3N2. The minimum atomic E-state index is -4.26. The zero-order chi connectivity index (χ0) is 12.5. The van der Waals surface area contributed by atoms with Crippen LogP contribution in [0.1, 0.15) is 17.5 Å². The van der Waals surface area contributed by atoms with Crippen molar-refractivity contribution in [1.82, 2.24) is 4.90 Å². The lowest BCUT2D eigenvalue weighted by atomic mass is 10.1. The van der Waals surface area contributed by atoms with Crippen molar-refractivity contribution in [2.75, 3.05) is 13.1 Å². The van der Waals surface area contributed by atoms with Gasteiger partial charge in [-0.2, -0.15) is 13.2 Å². The van der Waals surface area contributed by atoms with E-state index in [-0.39, 0.29) is 18.4 Å². The molecule has 0 aromatic heterocycles. The summed E-state index contributed by atoms with van der Waals surface area (Å²) in [6.45, 7) is 2.41. The molecule has 1 aliphatic rings. The molecule has 1 heterocycles. The van der Waals surface area contributed by atoms with Crippen molar-refractivity contribution in [2.24, 2.45) is 5.73 Å². The maximum Gasteiger partial charge on any atom is 0.416 e. The van der Waals surface area contributed by atoms with Gasteiger partial charge in [-0.3, -0.25) is 4.90 Å². The predicted octanol–water partition coefficient (Wildman–Crippen LogP) is 2.66. The lowest BCUT2D eigenvalue weighted by Crippen LogP contribution is -2.26. The number of halogens is 4. The fourth-order valence-corrected chi connectivity index (χ4v) is 2.06. The highest BCUT2D eigenvalue weighted by Gasteiger charge is 2.30. The van der Waals surface area contributed by atoms with Crippen LogP contribution in [0.4, 0.5) is 13.2 Å². The zero-order valence-corrected chi connectivity index (χ0v) is 10.6. The van der Waals surface area contributed by atoms with Crippen LogP contribution in [0.25, 0.3) is 0 Å². The van der Waals surface area contributed by atoms with Crippen LogP contribution in [0.5, 0.6) is 0 Å². The molecule has 2 rings (SSSR count). The van der Waals surface area contributed by atoms with E-state index in [1.54, 1.807) is 0 Å². The lowest BCUT2D eigenvalue weighted by molar-refractivity contribution is -0.137. The maximum atomic E-state index is 12.3. The highest BCUT2D eigenvalue weighted by molar-refractivity contribution is 5.85. The summed E-state index contributed by atoms with van der Waals surface area (Å²) in [4.78, 5) is 2.16. The van der Waals surface area contributed by atoms with Crippen molar-refractivity contribution < 1.29 is 13.2 Å². The van der Waals surface area contributed by atoms with Gasteiger partial charge in [0.05, 0.1) is 5.56 Å². The Morgan fingerprint density at radius 3 is 2.28 bits per heavy atom. The molecule has 1 fully saturated rings. The smallest absolute Gasteiger partial charge is 0.326 e. The zero-order valence-electron chi connectivity index (χ0n) is 9.78. The van der Waals surface area contributed by atoms with E-state index >= 15 is 0 Å². The first-order valence-electron chi connectivity index (χ1n) is 5.59. The molecule has 0 unspecified atom stereocenters. The molecule has 6 heteroatoms. The monoisotopic (exact) mass is 280 g/mol. The third kappa shape index (κ3) is 3.86. The van der Waals surface area contributed by atoms with Gasteiger partial charge < -0.3 is 5.73 Å². The Balaban J connectivity index is 0.00000162. The molecule has 1 atom stereocenters. The Hall–Kier alpha value is -0.780. The summed E-state index contributed by atoms with van der Waals surface area (Å²) < 4.78 is 37.0. The highest BCUT2D eigenvalue weighted by atomic mass is 35.5. The summed E-state index contributed by atoms with van der Waals surface area (Å²) in [6.07, 6.45) is -3.30. The molecule has 0 radical (unpaired) electrons. The van der Waals surface area contributed by atoms with E-state index in [0.717, 1.165) is 37.2 Å². The number of nitrogens with two attached hydrogens (primary N) is 1. The van der Waals surface area contributed by atoms with Gasteiger partial charge in [0.2, 0.25) is 0 Å². The Morgan fingerprint density at radius 1 is 1.22 bits per heavy atom. The van der Waals surface area contributed by atoms with E-state index < -0.39 is 11.7 Å². The second kappa shape index (κ2) is 5.91. The molecule has 2 N–H and O–H groups in total. The number of likely N-dealkylation sites (tertiary alicyclic amines) is 1. The molecular weight excluding hydrogens is 265 g/mol. The largest absolute Gasteiger partial charge is 0.416 e. The SMILES string of the molecule is Cl.N[C@@H]1CCN(Cc2ccc(C(F)(F)F)cc2)C1. The average molecular weight is 281 g/mol. The minimum Gasteiger partial charge on any atom is -0.326 e. The third-order valence-corrected chi connectivity index (χ3v) is 3.00. The maximum absolute atomic E-state index is 12.3. The Morgan fingerprint density at radius 2 is 1.83 bits per heavy atom. The van der Waals surface area contributed by atoms with Crippen LogP contribution < -0.4 is 5.73 Å². The summed E-state index contributed by atoms with van der Waals surface area (Å²) >= 11 is 0. The van der Waals surface area contributed by atoms with Gasteiger partial charge in [-0.1, -0.05) is 12.1 Å². The summed E-state index contributed by atoms with van der Waals surface area (Å²) in [5.74, 6) is 0. The number of hydrogen-bond donors (Lipinski definition) is 1. The minimum absolute atomic E-state index is 0. The van der Waals surface area contributed by atoms with E-state index in [9.17, 15) is 13.2 Å². The van der Waals surface area contributed by atoms with Crippen LogP contribution in [0.15, 0.2) is 24.3 Å². The van der Waals surface area contributed by atoms with Crippen molar-refractivity contribution in [3.63, 3.8) is 0 Å². The quantitative estimate of drug-likeness (QED) is 0.902. The summed E-state index contributed by atoms with van der Waals surface area (Å²) in [5, 5.41) is 0. The Labute approximate surface area is 110 Å². The molecule has 0 aliphatic carbocycles. The topological polar surface area (TPSA) is 29.3 Å². The average Bonchev–Trinajstić information content (AvgIpc) is 2.63. The molecule has 0 saturated carbocycles. The van der Waals surface area contributed by atoms with Gasteiger partial charge in [0.25, 0.3) is 0 Å². The van der Waals surface area contributed by atoms with Crippen molar-refractivity contribution >= 4 is 12.4 Å². The van der Waals surface area contributed by atoms with E-state index in [0.29, 0.717) is 6.54 Å². The molecule has 18 heavy (non-hydrogen) atoms. The molecule has 1 aromatic rings. The number of alkyl halides is 3. The summed E-state index contributed by atoms with van der Waals surface area (Å²) in [7, 11) is 0. The van der Waals surface area contributed by atoms with E-state index in [1.807, 2.05) is 0 Å². The number of benzene rings is 1. The van der Waals surface area contributed by atoms with Gasteiger partial charge in [0, 0.05) is 25.7 Å². The van der Waals surface area contributed by atoms with E-state index in [2.05, 4.69) is 4.90 Å². The summed E-state index contributed by atoms with van der Waals surface area (Å²) in [6, 6.07) is 5.53. The predicted molar refractivity (Wildman–Crippen MR) is 66.6 cm³/mol. The molecule has 0 bridgehead atoms. The van der Waals surface area contributed by atoms with Crippen molar-refractivity contribution in [2.45, 2.75) is 25.2 Å². The number of rotatable bonds is 2. The summed E-state index contributed by atoms with van der Waals surface area (Å²) in [5.41, 5.74) is 6.07. The van der Waals surface area contributed by atoms with Crippen LogP contribution >= 0.6 is 12.4 Å². The number of nitrogens with zero attached hydrogens (tertiary/aromatic N) is 1. The van der Waals surface area contributed by atoms with Crippen LogP contribution in [0, 0.1) is 0 Å². The van der Waals surface area contributed by atoms with Crippen LogP contribution in [0.3, 0.4) is 0 Å². The number of hydrogen-bond acceptors (Lipinski definition) is 2. The normalized spacial score (nSPS) is 20.8. The molecule has 0 spiro atoms. The molecule has 2 nitrogen and oxygen atoms in total. The van der Waals surface area contributed by atoms with Crippen molar-refractivity contribution in [1.29, 1.82) is 0 Å². The van der Waals surface area contributed by atoms with Gasteiger partial charge >= 0.3 is 6.18 Å². The highest BCUT2D eigenvalue weighted by Crippen LogP contribution is 2.29. The van der Waals surface area contributed by atoms with Crippen molar-refractivity contribution in [3.05, 3.63) is 35.4 Å². The second-order valence-corrected chi connectivity index (χ2v) is 4.48. The van der Waals surface area contributed by atoms with Gasteiger partial charge in [0.1, 0.15) is 0 Å². The molecule has 1 saturated heterocycles. The second-order valence-electron chi connectivity index (χ2n) is 4.48.